The molecule has 148 valence electrons. The van der Waals surface area contributed by atoms with Gasteiger partial charge in [0.25, 0.3) is 0 Å². The molecule has 0 amide bonds. The van der Waals surface area contributed by atoms with E-state index in [2.05, 4.69) is 66.9 Å². The molecule has 0 fully saturated rings. The Labute approximate surface area is 172 Å². The Morgan fingerprint density at radius 3 is 2.14 bits per heavy atom. The molecular weight excluding hydrogens is 358 g/mol. The zero-order valence-corrected chi connectivity index (χ0v) is 16.8. The number of aliphatic carboxylic acids is 1. The van der Waals surface area contributed by atoms with E-state index < -0.39 is 5.97 Å². The van der Waals surface area contributed by atoms with E-state index >= 15 is 0 Å². The van der Waals surface area contributed by atoms with Gasteiger partial charge >= 0.3 is 5.97 Å². The fraction of sp³-hybridized carbons (Fsp3) is 0.192. The van der Waals surface area contributed by atoms with E-state index in [-0.39, 0.29) is 6.42 Å². The Hall–Kier alpha value is -3.17. The van der Waals surface area contributed by atoms with Crippen LogP contribution in [0.2, 0.25) is 0 Å². The number of carbonyl (C=O) groups is 1. The van der Waals surface area contributed by atoms with Gasteiger partial charge < -0.3 is 5.11 Å². The molecule has 3 aromatic carbocycles. The predicted octanol–water partition coefficient (Wildman–Crippen LogP) is 5.53. The summed E-state index contributed by atoms with van der Waals surface area (Å²) in [4.78, 5) is 13.3. The van der Waals surface area contributed by atoms with Crippen LogP contribution in [0.25, 0.3) is 5.57 Å². The van der Waals surface area contributed by atoms with Crippen LogP contribution in [0.4, 0.5) is 0 Å². The van der Waals surface area contributed by atoms with E-state index in [1.165, 1.54) is 11.1 Å². The summed E-state index contributed by atoms with van der Waals surface area (Å²) >= 11 is 0. The Bertz CT molecular complexity index is 979. The monoisotopic (exact) mass is 385 g/mol. The number of hydrogen-bond acceptors (Lipinski definition) is 2. The van der Waals surface area contributed by atoms with Crippen molar-refractivity contribution < 1.29 is 9.90 Å². The van der Waals surface area contributed by atoms with Crippen LogP contribution in [0.1, 0.15) is 34.2 Å². The Morgan fingerprint density at radius 1 is 0.862 bits per heavy atom. The van der Waals surface area contributed by atoms with E-state index in [0.717, 1.165) is 28.8 Å². The lowest BCUT2D eigenvalue weighted by molar-refractivity contribution is -0.137. The standard InChI is InChI=1S/C26H27NO2/c1-20-8-6-9-22(16-20)18-27(15-14-26(28)29)19-23-10-7-13-25(17-23)21(2)24-11-4-3-5-12-24/h3-13,16-17H,2,14-15,18-19H2,1H3,(H,28,29). The van der Waals surface area contributed by atoms with E-state index in [1.54, 1.807) is 0 Å². The van der Waals surface area contributed by atoms with E-state index in [1.807, 2.05) is 30.3 Å². The summed E-state index contributed by atoms with van der Waals surface area (Å²) in [6.07, 6.45) is 0.127. The molecule has 0 aliphatic carbocycles. The summed E-state index contributed by atoms with van der Waals surface area (Å²) in [5.74, 6) is -0.773. The van der Waals surface area contributed by atoms with Crippen LogP contribution in [-0.2, 0) is 17.9 Å². The molecule has 29 heavy (non-hydrogen) atoms. The van der Waals surface area contributed by atoms with Crippen LogP contribution < -0.4 is 0 Å². The molecule has 0 saturated carbocycles. The highest BCUT2D eigenvalue weighted by Gasteiger charge is 2.11. The van der Waals surface area contributed by atoms with Gasteiger partial charge in [-0.05, 0) is 40.8 Å². The van der Waals surface area contributed by atoms with Gasteiger partial charge in [0.2, 0.25) is 0 Å². The molecule has 3 aromatic rings. The van der Waals surface area contributed by atoms with Gasteiger partial charge in [-0.25, -0.2) is 0 Å². The minimum absolute atomic E-state index is 0.127. The molecule has 3 heteroatoms. The van der Waals surface area contributed by atoms with Crippen LogP contribution in [0, 0.1) is 6.92 Å². The fourth-order valence-electron chi connectivity index (χ4n) is 3.46. The Balaban J connectivity index is 1.77. The minimum Gasteiger partial charge on any atom is -0.481 e. The summed E-state index contributed by atoms with van der Waals surface area (Å²) in [6.45, 7) is 8.25. The van der Waals surface area contributed by atoms with Crippen molar-refractivity contribution in [3.63, 3.8) is 0 Å². The van der Waals surface area contributed by atoms with Crippen molar-refractivity contribution in [2.75, 3.05) is 6.54 Å². The van der Waals surface area contributed by atoms with E-state index in [4.69, 9.17) is 5.11 Å². The van der Waals surface area contributed by atoms with Crippen LogP contribution in [0.15, 0.2) is 85.4 Å². The van der Waals surface area contributed by atoms with Gasteiger partial charge in [0, 0.05) is 19.6 Å². The third-order valence-corrected chi connectivity index (χ3v) is 4.93. The Morgan fingerprint density at radius 2 is 1.48 bits per heavy atom. The molecule has 0 heterocycles. The first kappa shape index (κ1) is 20.6. The van der Waals surface area contributed by atoms with Crippen LogP contribution in [0.3, 0.4) is 0 Å². The average molecular weight is 386 g/mol. The summed E-state index contributed by atoms with van der Waals surface area (Å²) in [5, 5.41) is 9.14. The second-order valence-corrected chi connectivity index (χ2v) is 7.39. The first-order chi connectivity index (χ1) is 14.0. The summed E-state index contributed by atoms with van der Waals surface area (Å²) < 4.78 is 0. The van der Waals surface area contributed by atoms with Crippen molar-refractivity contribution in [1.29, 1.82) is 0 Å². The molecule has 0 aliphatic heterocycles. The highest BCUT2D eigenvalue weighted by atomic mass is 16.4. The van der Waals surface area contributed by atoms with Crippen molar-refractivity contribution in [2.24, 2.45) is 0 Å². The van der Waals surface area contributed by atoms with E-state index in [9.17, 15) is 4.79 Å². The molecule has 3 rings (SSSR count). The maximum atomic E-state index is 11.1. The van der Waals surface area contributed by atoms with Crippen LogP contribution in [0.5, 0.6) is 0 Å². The van der Waals surface area contributed by atoms with Crippen LogP contribution in [-0.4, -0.2) is 22.5 Å². The number of carboxylic acid groups (broad SMARTS) is 1. The van der Waals surface area contributed by atoms with Gasteiger partial charge in [0.05, 0.1) is 6.42 Å². The van der Waals surface area contributed by atoms with Gasteiger partial charge in [-0.15, -0.1) is 0 Å². The van der Waals surface area contributed by atoms with Gasteiger partial charge in [0.15, 0.2) is 0 Å². The molecule has 0 aliphatic rings. The van der Waals surface area contributed by atoms with Crippen LogP contribution >= 0.6 is 0 Å². The molecule has 0 aromatic heterocycles. The second kappa shape index (κ2) is 9.85. The first-order valence-corrected chi connectivity index (χ1v) is 9.84. The molecule has 0 bridgehead atoms. The molecule has 0 saturated heterocycles. The third kappa shape index (κ3) is 6.16. The lowest BCUT2D eigenvalue weighted by Crippen LogP contribution is -2.25. The van der Waals surface area contributed by atoms with Crippen molar-refractivity contribution >= 4 is 11.5 Å². The summed E-state index contributed by atoms with van der Waals surface area (Å²) in [7, 11) is 0. The normalized spacial score (nSPS) is 10.8. The molecule has 0 radical (unpaired) electrons. The quantitative estimate of drug-likeness (QED) is 0.526. The first-order valence-electron chi connectivity index (χ1n) is 9.84. The smallest absolute Gasteiger partial charge is 0.304 e. The fourth-order valence-corrected chi connectivity index (χ4v) is 3.46. The van der Waals surface area contributed by atoms with Crippen molar-refractivity contribution in [2.45, 2.75) is 26.4 Å². The van der Waals surface area contributed by atoms with Crippen molar-refractivity contribution in [1.82, 2.24) is 4.90 Å². The lowest BCUT2D eigenvalue weighted by atomic mass is 9.98. The molecule has 0 spiro atoms. The molecule has 0 unspecified atom stereocenters. The summed E-state index contributed by atoms with van der Waals surface area (Å²) in [6, 6.07) is 26.9. The highest BCUT2D eigenvalue weighted by Crippen LogP contribution is 2.23. The number of nitrogens with zero attached hydrogens (tertiary/aromatic N) is 1. The lowest BCUT2D eigenvalue weighted by Gasteiger charge is -2.22. The van der Waals surface area contributed by atoms with Crippen molar-refractivity contribution in [3.8, 4) is 0 Å². The SMILES string of the molecule is C=C(c1ccccc1)c1cccc(CN(CCC(=O)O)Cc2cccc(C)c2)c1. The molecule has 1 N–H and O–H groups in total. The van der Waals surface area contributed by atoms with Gasteiger partial charge in [-0.1, -0.05) is 84.9 Å². The highest BCUT2D eigenvalue weighted by molar-refractivity contribution is 5.78. The Kier molecular flexibility index (Phi) is 6.99. The van der Waals surface area contributed by atoms with Crippen molar-refractivity contribution in [3.05, 3.63) is 113 Å². The zero-order valence-electron chi connectivity index (χ0n) is 16.8. The molecule has 3 nitrogen and oxygen atoms in total. The number of hydrogen-bond donors (Lipinski definition) is 1. The maximum Gasteiger partial charge on any atom is 0.304 e. The number of benzene rings is 3. The third-order valence-electron chi connectivity index (χ3n) is 4.93. The minimum atomic E-state index is -0.773. The average Bonchev–Trinajstić information content (AvgIpc) is 2.72. The predicted molar refractivity (Wildman–Crippen MR) is 119 cm³/mol. The summed E-state index contributed by atoms with van der Waals surface area (Å²) in [5.41, 5.74) is 6.73. The zero-order chi connectivity index (χ0) is 20.6. The van der Waals surface area contributed by atoms with Gasteiger partial charge in [0.1, 0.15) is 0 Å². The van der Waals surface area contributed by atoms with Gasteiger partial charge in [-0.2, -0.15) is 0 Å². The van der Waals surface area contributed by atoms with E-state index in [0.29, 0.717) is 13.1 Å². The number of carboxylic acids is 1. The maximum absolute atomic E-state index is 11.1. The molecule has 0 atom stereocenters. The second-order valence-electron chi connectivity index (χ2n) is 7.39. The topological polar surface area (TPSA) is 40.5 Å². The van der Waals surface area contributed by atoms with Gasteiger partial charge in [-0.3, -0.25) is 9.69 Å². The number of aryl methyl sites for hydroxylation is 1. The number of rotatable bonds is 9. The molecular formula is C26H27NO2. The largest absolute Gasteiger partial charge is 0.481 e.